The van der Waals surface area contributed by atoms with Crippen LogP contribution in [0, 0.1) is 6.92 Å². The van der Waals surface area contributed by atoms with Gasteiger partial charge in [-0.15, -0.1) is 11.3 Å². The number of thiazole rings is 1. The molecule has 7 rings (SSSR count). The minimum atomic E-state index is -4.27. The summed E-state index contributed by atoms with van der Waals surface area (Å²) in [6.07, 6.45) is 8.16. The molecule has 0 radical (unpaired) electrons. The largest absolute Gasteiger partial charge is 0.744 e. The van der Waals surface area contributed by atoms with Crippen molar-refractivity contribution in [1.82, 2.24) is 4.57 Å². The van der Waals surface area contributed by atoms with Crippen molar-refractivity contribution >= 4 is 60.8 Å². The molecule has 1 fully saturated rings. The van der Waals surface area contributed by atoms with E-state index >= 15 is 0 Å². The molecule has 4 heterocycles. The predicted molar refractivity (Wildman–Crippen MR) is 188 cm³/mol. The normalized spacial score (nSPS) is 17.5. The number of allylic oxidation sites excluding steroid dienone is 1. The standard InChI is InChI=1S/C29H28N3O2S2.C7H8O3S/c1-3-15-31-16-7-6-10-21(31)18-25-32(19-22-11-8-17-34-22)28(33)27(36-25)29-30(2)26-23-12-5-4-9-20(23)13-14-24(26)35-29;1-6-2-4-7(5-3-6)11(8,9)10/h3-7,9-10,12-14,16,18,22H,1,8,11,15,17,19H2,2H3;2-5H,1H3,(H,8,9,10)/q+1;/p-1/b29-27-;. The lowest BCUT2D eigenvalue weighted by Gasteiger charge is -2.15. The number of anilines is 1. The molecule has 11 heteroatoms. The zero-order chi connectivity index (χ0) is 33.1. The smallest absolute Gasteiger partial charge is 0.271 e. The van der Waals surface area contributed by atoms with Crippen molar-refractivity contribution in [2.45, 2.75) is 48.7 Å². The molecule has 8 nitrogen and oxygen atoms in total. The van der Waals surface area contributed by atoms with E-state index in [0.29, 0.717) is 13.1 Å². The molecule has 0 N–H and O–H groups in total. The van der Waals surface area contributed by atoms with Crippen LogP contribution in [0.3, 0.4) is 0 Å². The second kappa shape index (κ2) is 14.0. The van der Waals surface area contributed by atoms with E-state index < -0.39 is 10.1 Å². The number of thioether (sulfide) groups is 1. The fourth-order valence-corrected chi connectivity index (χ4v) is 8.62. The highest BCUT2D eigenvalue weighted by molar-refractivity contribution is 8.08. The Labute approximate surface area is 282 Å². The molecule has 2 aliphatic heterocycles. The molecule has 0 amide bonds. The molecular formula is C36H35N3O5S3. The fourth-order valence-electron chi connectivity index (χ4n) is 5.73. The van der Waals surface area contributed by atoms with Crippen LogP contribution < -0.4 is 24.2 Å². The minimum absolute atomic E-state index is 0.0550. The van der Waals surface area contributed by atoms with Crippen LogP contribution >= 0.6 is 23.1 Å². The summed E-state index contributed by atoms with van der Waals surface area (Å²) >= 11 is 3.25. The van der Waals surface area contributed by atoms with Gasteiger partial charge in [-0.1, -0.05) is 66.4 Å². The Kier molecular flexibility index (Phi) is 9.81. The maximum Gasteiger partial charge on any atom is 0.271 e. The molecule has 0 bridgehead atoms. The topological polar surface area (TPSA) is 95.6 Å². The average Bonchev–Trinajstić information content (AvgIpc) is 3.77. The van der Waals surface area contributed by atoms with Crippen LogP contribution in [0.15, 0.2) is 112 Å². The number of hydrogen-bond acceptors (Lipinski definition) is 8. The first-order chi connectivity index (χ1) is 22.6. The van der Waals surface area contributed by atoms with Crippen LogP contribution in [0.25, 0.3) is 21.9 Å². The van der Waals surface area contributed by atoms with Crippen LogP contribution in [0.5, 0.6) is 0 Å². The SMILES string of the molecule is C=CC[n+]1ccccc1/C=c1/s/c(=C2\Sc3ccc4ccccc4c3N2C)c(=O)n1CC1CCCO1.Cc1ccc(S(=O)(=O)[O-])cc1. The highest BCUT2D eigenvalue weighted by Crippen LogP contribution is 2.48. The van der Waals surface area contributed by atoms with Crippen molar-refractivity contribution in [2.75, 3.05) is 18.6 Å². The lowest BCUT2D eigenvalue weighted by molar-refractivity contribution is -0.688. The molecule has 0 saturated carbocycles. The molecule has 0 spiro atoms. The lowest BCUT2D eigenvalue weighted by Crippen LogP contribution is -2.38. The van der Waals surface area contributed by atoms with E-state index in [1.807, 2.05) is 35.9 Å². The van der Waals surface area contributed by atoms with E-state index in [0.717, 1.165) is 44.9 Å². The number of pyridine rings is 1. The number of fused-ring (bicyclic) bond motifs is 3. The zero-order valence-corrected chi connectivity index (χ0v) is 28.6. The Bertz CT molecular complexity index is 2240. The van der Waals surface area contributed by atoms with Gasteiger partial charge in [0.15, 0.2) is 12.7 Å². The fraction of sp³-hybridized carbons (Fsp3) is 0.222. The molecule has 242 valence electrons. The van der Waals surface area contributed by atoms with Crippen molar-refractivity contribution in [3.63, 3.8) is 0 Å². The summed E-state index contributed by atoms with van der Waals surface area (Å²) in [4.78, 5) is 17.1. The summed E-state index contributed by atoms with van der Waals surface area (Å²) in [6.45, 7) is 7.77. The average molecular weight is 686 g/mol. The molecule has 1 saturated heterocycles. The van der Waals surface area contributed by atoms with E-state index in [2.05, 4.69) is 71.6 Å². The number of benzene rings is 3. The first-order valence-electron chi connectivity index (χ1n) is 15.3. The van der Waals surface area contributed by atoms with Gasteiger partial charge in [0.05, 0.1) is 23.2 Å². The molecule has 0 aliphatic carbocycles. The van der Waals surface area contributed by atoms with Crippen LogP contribution in [0.2, 0.25) is 0 Å². The summed E-state index contributed by atoms with van der Waals surface area (Å²) < 4.78 is 42.9. The number of aromatic nitrogens is 2. The van der Waals surface area contributed by atoms with Gasteiger partial charge < -0.3 is 14.2 Å². The molecule has 5 aromatic rings. The van der Waals surface area contributed by atoms with E-state index in [1.165, 1.54) is 33.5 Å². The Balaban J connectivity index is 0.000000300. The second-order valence-electron chi connectivity index (χ2n) is 11.4. The highest BCUT2D eigenvalue weighted by Gasteiger charge is 2.27. The third-order valence-corrected chi connectivity index (χ3v) is 11.4. The first-order valence-corrected chi connectivity index (χ1v) is 18.3. The number of hydrogen-bond donors (Lipinski definition) is 0. The molecule has 2 aliphatic rings. The van der Waals surface area contributed by atoms with Crippen molar-refractivity contribution in [3.05, 3.63) is 129 Å². The van der Waals surface area contributed by atoms with Gasteiger partial charge in [0.1, 0.15) is 24.3 Å². The van der Waals surface area contributed by atoms with Gasteiger partial charge in [-0.3, -0.25) is 9.36 Å². The number of ether oxygens (including phenoxy) is 1. The lowest BCUT2D eigenvalue weighted by atomic mass is 10.1. The third kappa shape index (κ3) is 7.14. The number of aryl methyl sites for hydroxylation is 1. The minimum Gasteiger partial charge on any atom is -0.744 e. The van der Waals surface area contributed by atoms with Gasteiger partial charge in [-0.2, -0.15) is 4.57 Å². The predicted octanol–water partition coefficient (Wildman–Crippen LogP) is 4.75. The summed E-state index contributed by atoms with van der Waals surface area (Å²) in [5.41, 5.74) is 3.19. The molecule has 3 aromatic carbocycles. The van der Waals surface area contributed by atoms with E-state index in [1.54, 1.807) is 35.2 Å². The van der Waals surface area contributed by atoms with Gasteiger partial charge in [0.2, 0.25) is 5.69 Å². The summed E-state index contributed by atoms with van der Waals surface area (Å²) in [5.74, 6) is 0. The number of nitrogens with zero attached hydrogens (tertiary/aromatic N) is 3. The first kappa shape index (κ1) is 32.9. The monoisotopic (exact) mass is 685 g/mol. The maximum absolute atomic E-state index is 13.9. The Morgan fingerprint density at radius 2 is 1.83 bits per heavy atom. The molecule has 1 unspecified atom stereocenters. The van der Waals surface area contributed by atoms with E-state index in [4.69, 9.17) is 4.74 Å². The Morgan fingerprint density at radius 1 is 1.06 bits per heavy atom. The summed E-state index contributed by atoms with van der Waals surface area (Å²) in [5, 5.41) is 3.40. The Morgan fingerprint density at radius 3 is 2.55 bits per heavy atom. The van der Waals surface area contributed by atoms with E-state index in [-0.39, 0.29) is 16.6 Å². The van der Waals surface area contributed by atoms with Gasteiger partial charge in [0.25, 0.3) is 5.56 Å². The van der Waals surface area contributed by atoms with Crippen molar-refractivity contribution in [2.24, 2.45) is 0 Å². The van der Waals surface area contributed by atoms with Crippen molar-refractivity contribution in [3.8, 4) is 0 Å². The highest BCUT2D eigenvalue weighted by atomic mass is 32.2. The van der Waals surface area contributed by atoms with E-state index in [9.17, 15) is 17.8 Å². The van der Waals surface area contributed by atoms with Crippen molar-refractivity contribution in [1.29, 1.82) is 0 Å². The van der Waals surface area contributed by atoms with Crippen molar-refractivity contribution < 1.29 is 22.3 Å². The van der Waals surface area contributed by atoms with Crippen LogP contribution in [-0.2, 0) is 27.9 Å². The summed E-state index contributed by atoms with van der Waals surface area (Å²) in [7, 11) is -2.20. The second-order valence-corrected chi connectivity index (χ2v) is 14.8. The quantitative estimate of drug-likeness (QED) is 0.145. The van der Waals surface area contributed by atoms with Gasteiger partial charge >= 0.3 is 0 Å². The molecular weight excluding hydrogens is 651 g/mol. The third-order valence-electron chi connectivity index (χ3n) is 8.11. The van der Waals surface area contributed by atoms with Gasteiger partial charge in [-0.05, 0) is 55.5 Å². The molecule has 2 aromatic heterocycles. The maximum atomic E-state index is 13.9. The van der Waals surface area contributed by atoms with Gasteiger partial charge in [0, 0.05) is 42.1 Å². The summed E-state index contributed by atoms with van der Waals surface area (Å²) in [6, 6.07) is 24.7. The van der Waals surface area contributed by atoms with Crippen LogP contribution in [0.4, 0.5) is 5.69 Å². The Hall–Kier alpha value is -4.00. The van der Waals surface area contributed by atoms with Gasteiger partial charge in [-0.25, -0.2) is 8.42 Å². The van der Waals surface area contributed by atoms with Crippen LogP contribution in [0.1, 0.15) is 24.1 Å². The molecule has 1 atom stereocenters. The number of rotatable bonds is 6. The zero-order valence-electron chi connectivity index (χ0n) is 26.2. The molecule has 47 heavy (non-hydrogen) atoms. The van der Waals surface area contributed by atoms with Crippen LogP contribution in [-0.4, -0.2) is 37.3 Å².